The number of carbonyl (C=O) groups excluding carboxylic acids is 3. The third-order valence-electron chi connectivity index (χ3n) is 10.6. The van der Waals surface area contributed by atoms with Gasteiger partial charge < -0.3 is 19.8 Å². The summed E-state index contributed by atoms with van der Waals surface area (Å²) in [4.78, 5) is 47.8. The number of aliphatic hydroxyl groups is 1. The molecular formula is C41H48BrClN6O6S. The second kappa shape index (κ2) is 17.5. The van der Waals surface area contributed by atoms with E-state index in [4.69, 9.17) is 11.6 Å². The van der Waals surface area contributed by atoms with Gasteiger partial charge in [0.2, 0.25) is 0 Å². The molecular weight excluding hydrogens is 820 g/mol. The Hall–Kier alpha value is -4.24. The number of rotatable bonds is 14. The monoisotopic (exact) mass is 866 g/mol. The summed E-state index contributed by atoms with van der Waals surface area (Å²) >= 11 is 10.4. The summed E-state index contributed by atoms with van der Waals surface area (Å²) in [7, 11) is -4.33. The van der Waals surface area contributed by atoms with Crippen LogP contribution in [-0.2, 0) is 29.4 Å². The van der Waals surface area contributed by atoms with E-state index < -0.39 is 27.9 Å². The van der Waals surface area contributed by atoms with Crippen LogP contribution in [0, 0.1) is 6.92 Å². The van der Waals surface area contributed by atoms with Gasteiger partial charge in [-0.15, -0.1) is 0 Å². The minimum atomic E-state index is -4.33. The van der Waals surface area contributed by atoms with Crippen LogP contribution in [0.1, 0.15) is 100 Å². The third kappa shape index (κ3) is 8.25. The number of halogens is 2. The average Bonchev–Trinajstić information content (AvgIpc) is 3.76. The smallest absolute Gasteiger partial charge is 0.275 e. The predicted octanol–water partition coefficient (Wildman–Crippen LogP) is 6.70. The summed E-state index contributed by atoms with van der Waals surface area (Å²) in [5.74, 6) is -1.77. The average molecular weight is 868 g/mol. The normalized spacial score (nSPS) is 15.1. The van der Waals surface area contributed by atoms with Crippen molar-refractivity contribution in [1.82, 2.24) is 24.3 Å². The van der Waals surface area contributed by atoms with Crippen molar-refractivity contribution in [1.29, 1.82) is 0 Å². The third-order valence-corrected chi connectivity index (χ3v) is 13.0. The van der Waals surface area contributed by atoms with Gasteiger partial charge in [0.15, 0.2) is 5.69 Å². The molecule has 1 unspecified atom stereocenters. The Morgan fingerprint density at radius 3 is 2.36 bits per heavy atom. The standard InChI is InChI=1S/C41H48BrClN6O6S/c1-5-8-17-47(18-9-6-2)41(53)37-36(43)26(4)49(44-37)35-15-14-29(22-33(35)40(52)48-24-30-13-11-10-12-27(30)20-31(48)25-50)39(51)45-56(54,55)32-21-28-16-19-46(7-3)38(28)34(42)23-32/h10-15,21-23,31,50H,5-9,16-20,24-25H2,1-4H3,(H,45,51). The van der Waals surface area contributed by atoms with Gasteiger partial charge in [0, 0.05) is 42.8 Å². The van der Waals surface area contributed by atoms with E-state index in [9.17, 15) is 27.9 Å². The molecule has 2 aliphatic heterocycles. The molecule has 3 aromatic carbocycles. The minimum Gasteiger partial charge on any atom is -0.394 e. The number of anilines is 1. The van der Waals surface area contributed by atoms with Gasteiger partial charge in [-0.25, -0.2) is 17.8 Å². The Balaban J connectivity index is 1.40. The lowest BCUT2D eigenvalue weighted by Crippen LogP contribution is -2.46. The largest absolute Gasteiger partial charge is 0.394 e. The zero-order valence-corrected chi connectivity index (χ0v) is 35.3. The maximum absolute atomic E-state index is 14.7. The van der Waals surface area contributed by atoms with Gasteiger partial charge in [-0.05, 0) is 102 Å². The van der Waals surface area contributed by atoms with Crippen LogP contribution in [-0.4, -0.2) is 89.7 Å². The zero-order valence-electron chi connectivity index (χ0n) is 32.1. The van der Waals surface area contributed by atoms with Gasteiger partial charge >= 0.3 is 0 Å². The fourth-order valence-corrected chi connectivity index (χ4v) is 9.60. The van der Waals surface area contributed by atoms with Gasteiger partial charge in [-0.2, -0.15) is 5.10 Å². The van der Waals surface area contributed by atoms with E-state index in [-0.39, 0.29) is 51.5 Å². The highest BCUT2D eigenvalue weighted by molar-refractivity contribution is 9.10. The van der Waals surface area contributed by atoms with E-state index in [1.807, 2.05) is 31.2 Å². The molecule has 15 heteroatoms. The van der Waals surface area contributed by atoms with Crippen LogP contribution in [0.5, 0.6) is 0 Å². The first kappa shape index (κ1) is 41.4. The van der Waals surface area contributed by atoms with Crippen molar-refractivity contribution in [2.75, 3.05) is 37.7 Å². The molecule has 0 spiro atoms. The molecule has 6 rings (SSSR count). The minimum absolute atomic E-state index is 0.0166. The SMILES string of the molecule is CCCCN(CCCC)C(=O)c1nn(-c2ccc(C(=O)NS(=O)(=O)c3cc(Br)c4c(c3)CCN4CC)cc2C(=O)N2Cc3ccccc3CC2CO)c(C)c1Cl. The highest BCUT2D eigenvalue weighted by atomic mass is 79.9. The number of sulfonamides is 1. The van der Waals surface area contributed by atoms with E-state index in [0.717, 1.165) is 61.2 Å². The fraction of sp³-hybridized carbons (Fsp3) is 0.415. The number of hydrogen-bond acceptors (Lipinski definition) is 8. The van der Waals surface area contributed by atoms with E-state index in [2.05, 4.69) is 44.5 Å². The first-order valence-corrected chi connectivity index (χ1v) is 21.8. The molecule has 3 amide bonds. The number of nitrogens with one attached hydrogen (secondary N) is 1. The summed E-state index contributed by atoms with van der Waals surface area (Å²) in [5, 5.41) is 15.3. The van der Waals surface area contributed by atoms with E-state index in [1.54, 1.807) is 22.8 Å². The first-order valence-electron chi connectivity index (χ1n) is 19.1. The highest BCUT2D eigenvalue weighted by Gasteiger charge is 2.34. The molecule has 4 aromatic rings. The Morgan fingerprint density at radius 2 is 1.70 bits per heavy atom. The van der Waals surface area contributed by atoms with Gasteiger partial charge in [-0.3, -0.25) is 14.4 Å². The quantitative estimate of drug-likeness (QED) is 0.143. The van der Waals surface area contributed by atoms with Crippen molar-refractivity contribution in [3.05, 3.63) is 103 Å². The van der Waals surface area contributed by atoms with Crippen molar-refractivity contribution in [3.8, 4) is 5.69 Å². The topological polar surface area (TPSA) is 145 Å². The highest BCUT2D eigenvalue weighted by Crippen LogP contribution is 2.38. The molecule has 12 nitrogen and oxygen atoms in total. The molecule has 1 aromatic heterocycles. The number of unbranched alkanes of at least 4 members (excludes halogenated alkanes) is 2. The maximum Gasteiger partial charge on any atom is 0.275 e. The lowest BCUT2D eigenvalue weighted by molar-refractivity contribution is 0.0544. The van der Waals surface area contributed by atoms with Crippen molar-refractivity contribution in [2.45, 2.75) is 83.7 Å². The summed E-state index contributed by atoms with van der Waals surface area (Å²) in [6.07, 6.45) is 4.52. The maximum atomic E-state index is 14.7. The Kier molecular flexibility index (Phi) is 12.9. The van der Waals surface area contributed by atoms with Crippen LogP contribution >= 0.6 is 27.5 Å². The van der Waals surface area contributed by atoms with Crippen LogP contribution in [0.2, 0.25) is 5.02 Å². The first-order chi connectivity index (χ1) is 26.8. The molecule has 0 fully saturated rings. The van der Waals surface area contributed by atoms with E-state index in [1.165, 1.54) is 28.9 Å². The molecule has 56 heavy (non-hydrogen) atoms. The number of nitrogens with zero attached hydrogens (tertiary/aromatic N) is 5. The summed E-state index contributed by atoms with van der Waals surface area (Å²) in [6.45, 7) is 10.3. The Bertz CT molecular complexity index is 2250. The molecule has 0 bridgehead atoms. The van der Waals surface area contributed by atoms with Crippen LogP contribution in [0.15, 0.2) is 64.0 Å². The van der Waals surface area contributed by atoms with E-state index in [0.29, 0.717) is 36.1 Å². The van der Waals surface area contributed by atoms with Crippen molar-refractivity contribution in [3.63, 3.8) is 0 Å². The van der Waals surface area contributed by atoms with Gasteiger partial charge in [0.25, 0.3) is 27.7 Å². The summed E-state index contributed by atoms with van der Waals surface area (Å²) in [6, 6.07) is 14.4. The predicted molar refractivity (Wildman–Crippen MR) is 220 cm³/mol. The van der Waals surface area contributed by atoms with Crippen LogP contribution < -0.4 is 9.62 Å². The summed E-state index contributed by atoms with van der Waals surface area (Å²) in [5.41, 5.74) is 4.34. The molecule has 0 saturated heterocycles. The second-order valence-electron chi connectivity index (χ2n) is 14.3. The molecule has 0 radical (unpaired) electrons. The van der Waals surface area contributed by atoms with E-state index >= 15 is 0 Å². The number of hydrogen-bond donors (Lipinski definition) is 2. The van der Waals surface area contributed by atoms with Gasteiger partial charge in [0.1, 0.15) is 0 Å². The summed E-state index contributed by atoms with van der Waals surface area (Å²) < 4.78 is 31.6. The molecule has 298 valence electrons. The van der Waals surface area contributed by atoms with Crippen LogP contribution in [0.3, 0.4) is 0 Å². The number of benzene rings is 3. The van der Waals surface area contributed by atoms with Crippen LogP contribution in [0.4, 0.5) is 5.69 Å². The molecule has 2 N–H and O–H groups in total. The van der Waals surface area contributed by atoms with Crippen molar-refractivity contribution < 1.29 is 27.9 Å². The number of fused-ring (bicyclic) bond motifs is 2. The number of aliphatic hydroxyl groups excluding tert-OH is 1. The number of amides is 3. The molecule has 0 saturated carbocycles. The van der Waals surface area contributed by atoms with Gasteiger partial charge in [0.05, 0.1) is 45.2 Å². The Morgan fingerprint density at radius 1 is 1.00 bits per heavy atom. The van der Waals surface area contributed by atoms with Crippen LogP contribution in [0.25, 0.3) is 5.69 Å². The fourth-order valence-electron chi connectivity index (χ4n) is 7.44. The molecule has 2 aliphatic rings. The van der Waals surface area contributed by atoms with Crippen molar-refractivity contribution in [2.24, 2.45) is 0 Å². The molecule has 3 heterocycles. The van der Waals surface area contributed by atoms with Crippen molar-refractivity contribution >= 4 is 61.0 Å². The number of likely N-dealkylation sites (N-methyl/N-ethyl adjacent to an activating group) is 1. The lowest BCUT2D eigenvalue weighted by atomic mass is 9.93. The molecule has 1 atom stereocenters. The number of aromatic nitrogens is 2. The molecule has 0 aliphatic carbocycles. The van der Waals surface area contributed by atoms with Gasteiger partial charge in [-0.1, -0.05) is 62.6 Å². The second-order valence-corrected chi connectivity index (χ2v) is 17.2. The zero-order chi connectivity index (χ0) is 40.3. The number of carbonyl (C=O) groups is 3. The Labute approximate surface area is 342 Å². The lowest BCUT2D eigenvalue weighted by Gasteiger charge is -2.36.